The van der Waals surface area contributed by atoms with Crippen molar-refractivity contribution < 1.29 is 13.6 Å². The van der Waals surface area contributed by atoms with Crippen molar-refractivity contribution in [2.45, 2.75) is 88.5 Å². The quantitative estimate of drug-likeness (QED) is 0.595. The topological polar surface area (TPSA) is 79.2 Å². The zero-order valence-electron chi connectivity index (χ0n) is 21.8. The van der Waals surface area contributed by atoms with Crippen LogP contribution in [0.5, 0.6) is 0 Å². The third-order valence-corrected chi connectivity index (χ3v) is 8.91. The Morgan fingerprint density at radius 2 is 1.84 bits per heavy atom. The Hall–Kier alpha value is -2.62. The molecule has 1 saturated carbocycles. The normalized spacial score (nSPS) is 24.3. The molecule has 1 aliphatic carbocycles. The van der Waals surface area contributed by atoms with Gasteiger partial charge in [-0.3, -0.25) is 4.79 Å². The molecule has 1 unspecified atom stereocenters. The second-order valence-electron chi connectivity index (χ2n) is 11.8. The van der Waals surface area contributed by atoms with Crippen molar-refractivity contribution in [2.75, 3.05) is 42.9 Å². The van der Waals surface area contributed by atoms with Gasteiger partial charge in [0.05, 0.1) is 11.6 Å². The number of hydrogen-bond donors (Lipinski definition) is 1. The minimum atomic E-state index is -3.04. The Balaban J connectivity index is 1.21. The van der Waals surface area contributed by atoms with Crippen LogP contribution < -0.4 is 10.2 Å². The second-order valence-corrected chi connectivity index (χ2v) is 11.8. The summed E-state index contributed by atoms with van der Waals surface area (Å²) < 4.78 is 31.5. The summed E-state index contributed by atoms with van der Waals surface area (Å²) in [7, 11) is 0. The molecular weight excluding hydrogens is 476 g/mol. The van der Waals surface area contributed by atoms with E-state index in [0.29, 0.717) is 30.4 Å². The van der Waals surface area contributed by atoms with Crippen molar-refractivity contribution >= 4 is 17.5 Å². The number of carbonyl (C=O) groups excluding carboxylic acids is 1. The minimum absolute atomic E-state index is 0.217. The molecule has 2 saturated heterocycles. The highest BCUT2D eigenvalue weighted by molar-refractivity contribution is 5.94. The van der Waals surface area contributed by atoms with Crippen molar-refractivity contribution in [1.82, 2.24) is 24.4 Å². The summed E-state index contributed by atoms with van der Waals surface area (Å²) in [5.41, 5.74) is 1.81. The van der Waals surface area contributed by atoms with E-state index in [4.69, 9.17) is 4.98 Å². The number of anilines is 2. The summed E-state index contributed by atoms with van der Waals surface area (Å²) in [6.07, 6.45) is 10.2. The van der Waals surface area contributed by atoms with E-state index in [-0.39, 0.29) is 17.7 Å². The van der Waals surface area contributed by atoms with Crippen LogP contribution in [0.1, 0.15) is 87.7 Å². The van der Waals surface area contributed by atoms with Crippen molar-refractivity contribution in [3.05, 3.63) is 29.6 Å². The Morgan fingerprint density at radius 3 is 2.51 bits per heavy atom. The number of aromatic nitrogens is 4. The summed E-state index contributed by atoms with van der Waals surface area (Å²) in [6, 6.07) is 0. The molecule has 3 fully saturated rings. The summed E-state index contributed by atoms with van der Waals surface area (Å²) >= 11 is 0. The van der Waals surface area contributed by atoms with Crippen LogP contribution in [0.3, 0.4) is 0 Å². The zero-order valence-corrected chi connectivity index (χ0v) is 21.8. The maximum absolute atomic E-state index is 14.6. The number of piperidine rings is 1. The van der Waals surface area contributed by atoms with E-state index in [1.807, 2.05) is 0 Å². The smallest absolute Gasteiger partial charge is 0.252 e. The molecule has 0 bridgehead atoms. The molecular formula is C27H37F2N7O. The number of hydrogen-bond acceptors (Lipinski definition) is 6. The van der Waals surface area contributed by atoms with Gasteiger partial charge in [0.1, 0.15) is 23.8 Å². The van der Waals surface area contributed by atoms with Gasteiger partial charge in [0.25, 0.3) is 5.92 Å². The molecule has 1 amide bonds. The molecule has 0 aromatic carbocycles. The molecule has 6 rings (SSSR count). The Labute approximate surface area is 216 Å². The lowest BCUT2D eigenvalue weighted by Gasteiger charge is -2.37. The van der Waals surface area contributed by atoms with Crippen LogP contribution in [0.2, 0.25) is 0 Å². The molecule has 200 valence electrons. The molecule has 2 aromatic heterocycles. The molecule has 0 radical (unpaired) electrons. The van der Waals surface area contributed by atoms with Gasteiger partial charge in [-0.15, -0.1) is 0 Å². The highest BCUT2D eigenvalue weighted by Crippen LogP contribution is 2.48. The van der Waals surface area contributed by atoms with Crippen molar-refractivity contribution in [2.24, 2.45) is 0 Å². The third kappa shape index (κ3) is 4.84. The van der Waals surface area contributed by atoms with Gasteiger partial charge < -0.3 is 19.7 Å². The molecule has 37 heavy (non-hydrogen) atoms. The Kier molecular flexibility index (Phi) is 6.20. The molecule has 10 heteroatoms. The first-order valence-corrected chi connectivity index (χ1v) is 13.8. The number of halogens is 2. The number of carbonyl (C=O) groups is 1. The fourth-order valence-corrected chi connectivity index (χ4v) is 6.24. The van der Waals surface area contributed by atoms with Gasteiger partial charge in [-0.2, -0.15) is 0 Å². The summed E-state index contributed by atoms with van der Waals surface area (Å²) in [6.45, 7) is 9.00. The van der Waals surface area contributed by atoms with Crippen LogP contribution in [-0.2, 0) is 16.8 Å². The van der Waals surface area contributed by atoms with E-state index in [1.54, 1.807) is 0 Å². The van der Waals surface area contributed by atoms with E-state index < -0.39 is 17.7 Å². The lowest BCUT2D eigenvalue weighted by Crippen LogP contribution is -2.39. The lowest BCUT2D eigenvalue weighted by molar-refractivity contribution is -0.119. The van der Waals surface area contributed by atoms with E-state index in [1.165, 1.54) is 56.6 Å². The van der Waals surface area contributed by atoms with Gasteiger partial charge in [-0.25, -0.2) is 23.7 Å². The number of nitrogens with zero attached hydrogens (tertiary/aromatic N) is 6. The van der Waals surface area contributed by atoms with Gasteiger partial charge in [-0.05, 0) is 58.5 Å². The SMILES string of the molecule is CC1(c2cn(CCN3CCCC3)c(C3CCN(c4ncnc5c4C(C(C)(F)F)CC(=O)N5)CC3)n2)CC1. The average Bonchev–Trinajstić information content (AvgIpc) is 3.24. The maximum Gasteiger partial charge on any atom is 0.252 e. The van der Waals surface area contributed by atoms with Crippen LogP contribution in [0.25, 0.3) is 0 Å². The number of rotatable bonds is 7. The van der Waals surface area contributed by atoms with Crippen LogP contribution in [0.15, 0.2) is 12.5 Å². The van der Waals surface area contributed by atoms with Crippen LogP contribution >= 0.6 is 0 Å². The van der Waals surface area contributed by atoms with E-state index >= 15 is 0 Å². The number of alkyl halides is 2. The molecule has 1 atom stereocenters. The summed E-state index contributed by atoms with van der Waals surface area (Å²) in [4.78, 5) is 30.5. The first kappa shape index (κ1) is 24.7. The highest BCUT2D eigenvalue weighted by atomic mass is 19.3. The fourth-order valence-electron chi connectivity index (χ4n) is 6.24. The van der Waals surface area contributed by atoms with Crippen LogP contribution in [0.4, 0.5) is 20.4 Å². The predicted octanol–water partition coefficient (Wildman–Crippen LogP) is 4.29. The van der Waals surface area contributed by atoms with E-state index in [0.717, 1.165) is 32.9 Å². The van der Waals surface area contributed by atoms with Crippen molar-refractivity contribution in [3.63, 3.8) is 0 Å². The van der Waals surface area contributed by atoms with E-state index in [9.17, 15) is 13.6 Å². The zero-order chi connectivity index (χ0) is 25.8. The summed E-state index contributed by atoms with van der Waals surface area (Å²) in [5, 5.41) is 2.68. The number of fused-ring (bicyclic) bond motifs is 1. The predicted molar refractivity (Wildman–Crippen MR) is 137 cm³/mol. The molecule has 3 aliphatic heterocycles. The highest BCUT2D eigenvalue weighted by Gasteiger charge is 2.45. The standard InChI is InChI=1S/C27H37F2N7O/c1-26(7-8-26)20-16-36(14-13-34-9-3-4-10-34)24(32-20)18-5-11-35(12-6-18)25-22-19(27(2,28)29)15-21(37)33-23(22)30-17-31-25/h16-19H,3-15H2,1-2H3,(H,30,31,33,37). The van der Waals surface area contributed by atoms with Gasteiger partial charge in [-0.1, -0.05) is 6.92 Å². The molecule has 5 heterocycles. The molecule has 0 spiro atoms. The first-order chi connectivity index (χ1) is 17.7. The fraction of sp³-hybridized carbons (Fsp3) is 0.704. The second kappa shape index (κ2) is 9.29. The monoisotopic (exact) mass is 513 g/mol. The third-order valence-electron chi connectivity index (χ3n) is 8.91. The average molecular weight is 514 g/mol. The first-order valence-electron chi connectivity index (χ1n) is 13.8. The molecule has 1 N–H and O–H groups in total. The Bertz CT molecular complexity index is 1160. The molecule has 2 aromatic rings. The van der Waals surface area contributed by atoms with Crippen molar-refractivity contribution in [3.8, 4) is 0 Å². The number of likely N-dealkylation sites (tertiary alicyclic amines) is 1. The minimum Gasteiger partial charge on any atom is -0.356 e. The van der Waals surface area contributed by atoms with Crippen LogP contribution in [0, 0.1) is 0 Å². The van der Waals surface area contributed by atoms with Crippen molar-refractivity contribution in [1.29, 1.82) is 0 Å². The van der Waals surface area contributed by atoms with Gasteiger partial charge in [0.2, 0.25) is 5.91 Å². The van der Waals surface area contributed by atoms with E-state index in [2.05, 4.69) is 42.8 Å². The van der Waals surface area contributed by atoms with Gasteiger partial charge in [0, 0.05) is 55.7 Å². The van der Waals surface area contributed by atoms with Gasteiger partial charge in [0.15, 0.2) is 0 Å². The number of nitrogens with one attached hydrogen (secondary N) is 1. The van der Waals surface area contributed by atoms with Gasteiger partial charge >= 0.3 is 0 Å². The largest absolute Gasteiger partial charge is 0.356 e. The number of imidazole rings is 1. The molecule has 4 aliphatic rings. The number of amides is 1. The summed E-state index contributed by atoms with van der Waals surface area (Å²) in [5.74, 6) is -2.45. The lowest BCUT2D eigenvalue weighted by atomic mass is 9.87. The maximum atomic E-state index is 14.6. The Morgan fingerprint density at radius 1 is 1.11 bits per heavy atom. The molecule has 8 nitrogen and oxygen atoms in total. The van der Waals surface area contributed by atoms with Crippen LogP contribution in [-0.4, -0.2) is 69.0 Å².